The maximum absolute atomic E-state index is 11.9. The van der Waals surface area contributed by atoms with Crippen molar-refractivity contribution in [2.45, 2.75) is 51.6 Å². The largest absolute Gasteiger partial charge is 0.368 e. The molecule has 186 valence electrons. The fourth-order valence-electron chi connectivity index (χ4n) is 6.55. The van der Waals surface area contributed by atoms with E-state index in [-0.39, 0.29) is 5.91 Å². The van der Waals surface area contributed by atoms with Crippen LogP contribution in [0, 0.1) is 0 Å². The Labute approximate surface area is 213 Å². The van der Waals surface area contributed by atoms with Gasteiger partial charge in [-0.25, -0.2) is 0 Å². The Morgan fingerprint density at radius 1 is 0.917 bits per heavy atom. The van der Waals surface area contributed by atoms with Gasteiger partial charge in [0, 0.05) is 59.4 Å². The summed E-state index contributed by atoms with van der Waals surface area (Å²) in [6.07, 6.45) is 7.27. The lowest BCUT2D eigenvalue weighted by Gasteiger charge is -2.42. The lowest BCUT2D eigenvalue weighted by molar-refractivity contribution is 0.100. The average molecular weight is 481 g/mol. The van der Waals surface area contributed by atoms with Gasteiger partial charge in [-0.15, -0.1) is 0 Å². The first-order chi connectivity index (χ1) is 17.7. The van der Waals surface area contributed by atoms with Crippen molar-refractivity contribution < 1.29 is 4.79 Å². The van der Waals surface area contributed by atoms with E-state index in [0.29, 0.717) is 11.7 Å². The zero-order valence-corrected chi connectivity index (χ0v) is 21.2. The van der Waals surface area contributed by atoms with Crippen LogP contribution in [-0.2, 0) is 12.8 Å². The third kappa shape index (κ3) is 3.96. The van der Waals surface area contributed by atoms with Gasteiger partial charge in [0.1, 0.15) is 0 Å². The predicted octanol–water partition coefficient (Wildman–Crippen LogP) is 5.89. The van der Waals surface area contributed by atoms with Crippen LogP contribution in [0.3, 0.4) is 0 Å². The zero-order valence-electron chi connectivity index (χ0n) is 21.2. The lowest BCUT2D eigenvalue weighted by atomic mass is 9.95. The Hall–Kier alpha value is -3.31. The van der Waals surface area contributed by atoms with Crippen LogP contribution in [-0.4, -0.2) is 41.6 Å². The molecule has 5 nitrogen and oxygen atoms in total. The van der Waals surface area contributed by atoms with E-state index in [1.807, 2.05) is 12.1 Å². The zero-order chi connectivity index (χ0) is 24.6. The molecule has 1 saturated heterocycles. The standard InChI is InChI=1S/C31H36N4O/c1-2-8-30(34-19-17-33(18-20-34)27-14-7-10-22-9-3-4-11-24(22)27)35-28-13-6-5-12-25(28)26-21-23(31(32)36)15-16-29(26)35/h3-4,7,9-11,14-16,21,30H,2,5-6,8,12-13,17-20H2,1H3,(H2,32,36). The lowest BCUT2D eigenvalue weighted by Crippen LogP contribution is -2.49. The van der Waals surface area contributed by atoms with Crippen LogP contribution >= 0.6 is 0 Å². The molecule has 1 aromatic heterocycles. The molecule has 5 heteroatoms. The van der Waals surface area contributed by atoms with Crippen LogP contribution in [0.2, 0.25) is 0 Å². The number of fused-ring (bicyclic) bond motifs is 4. The van der Waals surface area contributed by atoms with E-state index < -0.39 is 0 Å². The Bertz CT molecular complexity index is 1410. The van der Waals surface area contributed by atoms with Gasteiger partial charge in [-0.1, -0.05) is 49.7 Å². The number of piperazine rings is 1. The molecule has 3 aromatic carbocycles. The van der Waals surface area contributed by atoms with Crippen molar-refractivity contribution in [1.29, 1.82) is 0 Å². The van der Waals surface area contributed by atoms with Crippen molar-refractivity contribution in [2.75, 3.05) is 31.1 Å². The quantitative estimate of drug-likeness (QED) is 0.374. The van der Waals surface area contributed by atoms with Crippen molar-refractivity contribution in [3.8, 4) is 0 Å². The first-order valence-electron chi connectivity index (χ1n) is 13.6. The molecule has 0 radical (unpaired) electrons. The minimum absolute atomic E-state index is 0.341. The van der Waals surface area contributed by atoms with Gasteiger partial charge in [0.25, 0.3) is 0 Å². The minimum Gasteiger partial charge on any atom is -0.368 e. The molecule has 36 heavy (non-hydrogen) atoms. The number of aryl methyl sites for hydroxylation is 1. The fourth-order valence-corrected chi connectivity index (χ4v) is 6.55. The topological polar surface area (TPSA) is 54.5 Å². The van der Waals surface area contributed by atoms with Crippen molar-refractivity contribution in [3.63, 3.8) is 0 Å². The molecule has 1 unspecified atom stereocenters. The van der Waals surface area contributed by atoms with Crippen LogP contribution in [0.1, 0.15) is 60.4 Å². The number of amides is 1. The third-order valence-corrected chi connectivity index (χ3v) is 8.28. The molecule has 2 aliphatic rings. The van der Waals surface area contributed by atoms with Crippen molar-refractivity contribution in [1.82, 2.24) is 9.47 Å². The average Bonchev–Trinajstić information content (AvgIpc) is 3.25. The summed E-state index contributed by atoms with van der Waals surface area (Å²) < 4.78 is 2.63. The van der Waals surface area contributed by atoms with E-state index >= 15 is 0 Å². The molecule has 1 atom stereocenters. The smallest absolute Gasteiger partial charge is 0.248 e. The van der Waals surface area contributed by atoms with Crippen molar-refractivity contribution in [3.05, 3.63) is 77.5 Å². The number of anilines is 1. The van der Waals surface area contributed by atoms with Crippen molar-refractivity contribution in [2.24, 2.45) is 5.73 Å². The van der Waals surface area contributed by atoms with Gasteiger partial charge in [-0.3, -0.25) is 9.69 Å². The molecule has 2 N–H and O–H groups in total. The molecule has 6 rings (SSSR count). The summed E-state index contributed by atoms with van der Waals surface area (Å²) in [5.74, 6) is -0.344. The van der Waals surface area contributed by atoms with Gasteiger partial charge < -0.3 is 15.2 Å². The normalized spacial score (nSPS) is 17.4. The summed E-state index contributed by atoms with van der Waals surface area (Å²) in [5.41, 5.74) is 11.8. The molecular formula is C31H36N4O. The number of rotatable bonds is 6. The molecule has 1 aliphatic heterocycles. The molecule has 1 amide bonds. The first kappa shape index (κ1) is 23.1. The number of nitrogens with two attached hydrogens (primary N) is 1. The molecule has 1 aliphatic carbocycles. The van der Waals surface area contributed by atoms with Gasteiger partial charge in [-0.2, -0.15) is 0 Å². The highest BCUT2D eigenvalue weighted by atomic mass is 16.1. The second-order valence-corrected chi connectivity index (χ2v) is 10.4. The van der Waals surface area contributed by atoms with Gasteiger partial charge in [-0.05, 0) is 67.3 Å². The van der Waals surface area contributed by atoms with Crippen LogP contribution < -0.4 is 10.6 Å². The molecule has 0 bridgehead atoms. The summed E-state index contributed by atoms with van der Waals surface area (Å²) in [4.78, 5) is 17.2. The van der Waals surface area contributed by atoms with Gasteiger partial charge in [0.15, 0.2) is 0 Å². The maximum atomic E-state index is 11.9. The Morgan fingerprint density at radius 3 is 2.50 bits per heavy atom. The van der Waals surface area contributed by atoms with E-state index in [2.05, 4.69) is 69.8 Å². The molecule has 2 heterocycles. The molecule has 1 fully saturated rings. The number of hydrogen-bond acceptors (Lipinski definition) is 3. The van der Waals surface area contributed by atoms with Crippen LogP contribution in [0.4, 0.5) is 5.69 Å². The Balaban J connectivity index is 1.33. The van der Waals surface area contributed by atoms with E-state index in [9.17, 15) is 4.79 Å². The number of hydrogen-bond donors (Lipinski definition) is 1. The number of carbonyl (C=O) groups excluding carboxylic acids is 1. The highest BCUT2D eigenvalue weighted by Gasteiger charge is 2.30. The SMILES string of the molecule is CCCC(N1CCN(c2cccc3ccccc23)CC1)n1c2c(c3cc(C(N)=O)ccc31)CCCC2. The highest BCUT2D eigenvalue weighted by molar-refractivity contribution is 5.98. The van der Waals surface area contributed by atoms with Crippen LogP contribution in [0.15, 0.2) is 60.7 Å². The fraction of sp³-hybridized carbons (Fsp3) is 0.387. The van der Waals surface area contributed by atoms with Gasteiger partial charge >= 0.3 is 0 Å². The second kappa shape index (κ2) is 9.62. The van der Waals surface area contributed by atoms with E-state index in [4.69, 9.17) is 5.73 Å². The summed E-state index contributed by atoms with van der Waals surface area (Å²) in [6.45, 7) is 6.44. The third-order valence-electron chi connectivity index (χ3n) is 8.28. The predicted molar refractivity (Wildman–Crippen MR) is 149 cm³/mol. The van der Waals surface area contributed by atoms with Crippen molar-refractivity contribution >= 4 is 33.3 Å². The minimum atomic E-state index is -0.344. The first-order valence-corrected chi connectivity index (χ1v) is 13.6. The number of carbonyl (C=O) groups is 1. The molecule has 4 aromatic rings. The number of nitrogens with zero attached hydrogens (tertiary/aromatic N) is 3. The monoisotopic (exact) mass is 480 g/mol. The second-order valence-electron chi connectivity index (χ2n) is 10.4. The Morgan fingerprint density at radius 2 is 1.69 bits per heavy atom. The maximum Gasteiger partial charge on any atom is 0.248 e. The van der Waals surface area contributed by atoms with Gasteiger partial charge in [0.2, 0.25) is 5.91 Å². The summed E-state index contributed by atoms with van der Waals surface area (Å²) >= 11 is 0. The molecule has 0 saturated carbocycles. The highest BCUT2D eigenvalue weighted by Crippen LogP contribution is 2.38. The molecule has 0 spiro atoms. The number of primary amides is 1. The summed E-state index contributed by atoms with van der Waals surface area (Å²) in [5, 5.41) is 3.88. The summed E-state index contributed by atoms with van der Waals surface area (Å²) in [7, 11) is 0. The number of aromatic nitrogens is 1. The van der Waals surface area contributed by atoms with Gasteiger partial charge in [0.05, 0.1) is 6.17 Å². The number of benzene rings is 3. The van der Waals surface area contributed by atoms with E-state index in [1.165, 1.54) is 51.5 Å². The van der Waals surface area contributed by atoms with E-state index in [1.54, 1.807) is 0 Å². The van der Waals surface area contributed by atoms with E-state index in [0.717, 1.165) is 51.9 Å². The van der Waals surface area contributed by atoms with Crippen LogP contribution in [0.5, 0.6) is 0 Å². The van der Waals surface area contributed by atoms with Crippen LogP contribution in [0.25, 0.3) is 21.7 Å². The summed E-state index contributed by atoms with van der Waals surface area (Å²) in [6, 6.07) is 21.5. The Kier molecular flexibility index (Phi) is 6.18. The molecular weight excluding hydrogens is 444 g/mol.